The zero-order valence-corrected chi connectivity index (χ0v) is 13.0. The number of hydrogen-bond donors (Lipinski definition) is 1. The molecule has 3 nitrogen and oxygen atoms in total. The molecule has 2 rings (SSSR count). The molecule has 1 fully saturated rings. The number of hydrogen-bond acceptors (Lipinski definition) is 3. The number of likely N-dealkylation sites (tertiary alicyclic amines) is 1. The molecular weight excluding hydrogens is 248 g/mol. The van der Waals surface area contributed by atoms with Crippen LogP contribution in [0.5, 0.6) is 0 Å². The molecule has 0 aliphatic carbocycles. The largest absolute Gasteiger partial charge is 0.380 e. The van der Waals surface area contributed by atoms with Gasteiger partial charge in [-0.05, 0) is 29.4 Å². The Morgan fingerprint density at radius 3 is 2.50 bits per heavy atom. The summed E-state index contributed by atoms with van der Waals surface area (Å²) in [5.74, 6) is 1.50. The highest BCUT2D eigenvalue weighted by Crippen LogP contribution is 2.30. The second-order valence-electron chi connectivity index (χ2n) is 6.28. The van der Waals surface area contributed by atoms with Crippen LogP contribution in [0.15, 0.2) is 24.3 Å². The average Bonchev–Trinajstić information content (AvgIpc) is 2.41. The van der Waals surface area contributed by atoms with Crippen molar-refractivity contribution in [2.24, 2.45) is 17.6 Å². The van der Waals surface area contributed by atoms with Crippen LogP contribution in [0.25, 0.3) is 0 Å². The zero-order valence-electron chi connectivity index (χ0n) is 13.0. The van der Waals surface area contributed by atoms with Crippen molar-refractivity contribution in [3.63, 3.8) is 0 Å². The van der Waals surface area contributed by atoms with Crippen molar-refractivity contribution in [2.75, 3.05) is 26.7 Å². The lowest BCUT2D eigenvalue weighted by atomic mass is 9.89. The lowest BCUT2D eigenvalue weighted by Gasteiger charge is -2.40. The number of ether oxygens (including phenoxy) is 1. The minimum absolute atomic E-state index is 0.312. The second-order valence-corrected chi connectivity index (χ2v) is 6.28. The van der Waals surface area contributed by atoms with Crippen LogP contribution in [0.2, 0.25) is 0 Å². The molecule has 0 aromatic heterocycles. The summed E-state index contributed by atoms with van der Waals surface area (Å²) in [5, 5.41) is 0. The van der Waals surface area contributed by atoms with Crippen molar-refractivity contribution in [1.82, 2.24) is 4.90 Å². The van der Waals surface area contributed by atoms with Crippen molar-refractivity contribution in [3.05, 3.63) is 35.4 Å². The third-order valence-electron chi connectivity index (χ3n) is 4.28. The van der Waals surface area contributed by atoms with E-state index in [4.69, 9.17) is 10.5 Å². The number of piperidine rings is 1. The van der Waals surface area contributed by atoms with Crippen LogP contribution in [0.1, 0.15) is 37.4 Å². The van der Waals surface area contributed by atoms with Gasteiger partial charge >= 0.3 is 0 Å². The first-order valence-electron chi connectivity index (χ1n) is 7.66. The van der Waals surface area contributed by atoms with Crippen molar-refractivity contribution in [1.29, 1.82) is 0 Å². The van der Waals surface area contributed by atoms with E-state index in [9.17, 15) is 0 Å². The number of benzene rings is 1. The molecule has 1 saturated heterocycles. The van der Waals surface area contributed by atoms with Crippen LogP contribution >= 0.6 is 0 Å². The molecule has 3 heteroatoms. The first kappa shape index (κ1) is 15.5. The Hall–Kier alpha value is -0.900. The van der Waals surface area contributed by atoms with Gasteiger partial charge < -0.3 is 10.5 Å². The molecule has 0 amide bonds. The summed E-state index contributed by atoms with van der Waals surface area (Å²) in [6.07, 6.45) is 1.33. The fourth-order valence-corrected chi connectivity index (χ4v) is 3.58. The topological polar surface area (TPSA) is 38.5 Å². The fourth-order valence-electron chi connectivity index (χ4n) is 3.58. The van der Waals surface area contributed by atoms with Crippen LogP contribution in [0, 0.1) is 11.8 Å². The van der Waals surface area contributed by atoms with Crippen LogP contribution in [-0.2, 0) is 11.3 Å². The number of rotatable bonds is 5. The van der Waals surface area contributed by atoms with Crippen LogP contribution < -0.4 is 5.73 Å². The maximum Gasteiger partial charge on any atom is 0.0716 e. The average molecular weight is 276 g/mol. The molecule has 3 unspecified atom stereocenters. The molecule has 0 spiro atoms. The van der Waals surface area contributed by atoms with E-state index >= 15 is 0 Å². The van der Waals surface area contributed by atoms with Crippen molar-refractivity contribution in [2.45, 2.75) is 32.9 Å². The zero-order chi connectivity index (χ0) is 14.5. The Balaban J connectivity index is 2.23. The van der Waals surface area contributed by atoms with Crippen LogP contribution in [0.4, 0.5) is 0 Å². The predicted octanol–water partition coefficient (Wildman–Crippen LogP) is 2.81. The van der Waals surface area contributed by atoms with Gasteiger partial charge in [0.1, 0.15) is 0 Å². The molecule has 2 N–H and O–H groups in total. The number of nitrogens with zero attached hydrogens (tertiary/aromatic N) is 1. The summed E-state index contributed by atoms with van der Waals surface area (Å²) in [6.45, 7) is 8.31. The quantitative estimate of drug-likeness (QED) is 0.898. The van der Waals surface area contributed by atoms with E-state index < -0.39 is 0 Å². The summed E-state index contributed by atoms with van der Waals surface area (Å²) in [4.78, 5) is 2.56. The van der Waals surface area contributed by atoms with Gasteiger partial charge in [-0.1, -0.05) is 38.1 Å². The predicted molar refractivity (Wildman–Crippen MR) is 83.5 cm³/mol. The smallest absolute Gasteiger partial charge is 0.0716 e. The van der Waals surface area contributed by atoms with E-state index in [1.165, 1.54) is 17.5 Å². The number of methoxy groups -OCH3 is 1. The van der Waals surface area contributed by atoms with E-state index in [2.05, 4.69) is 43.0 Å². The van der Waals surface area contributed by atoms with E-state index in [1.54, 1.807) is 7.11 Å². The first-order valence-corrected chi connectivity index (χ1v) is 7.66. The maximum absolute atomic E-state index is 6.11. The Morgan fingerprint density at radius 1 is 1.25 bits per heavy atom. The first-order chi connectivity index (χ1) is 9.65. The van der Waals surface area contributed by atoms with E-state index in [0.717, 1.165) is 24.9 Å². The van der Waals surface area contributed by atoms with Crippen LogP contribution in [-0.4, -0.2) is 31.6 Å². The highest BCUT2D eigenvalue weighted by molar-refractivity contribution is 5.30. The summed E-state index contributed by atoms with van der Waals surface area (Å²) in [7, 11) is 1.75. The lowest BCUT2D eigenvalue weighted by molar-refractivity contribution is 0.0965. The minimum atomic E-state index is 0.312. The SMILES string of the molecule is COCc1ccccc1C(CN)N1CC(C)CC(C)C1. The van der Waals surface area contributed by atoms with Gasteiger partial charge in [0.05, 0.1) is 6.61 Å². The molecule has 0 bridgehead atoms. The highest BCUT2D eigenvalue weighted by Gasteiger charge is 2.28. The standard InChI is InChI=1S/C17H28N2O/c1-13-8-14(2)11-19(10-13)17(9-18)16-7-5-4-6-15(16)12-20-3/h4-7,13-14,17H,8-12,18H2,1-3H3. The second kappa shape index (κ2) is 7.21. The maximum atomic E-state index is 6.11. The van der Waals surface area contributed by atoms with Crippen molar-refractivity contribution in [3.8, 4) is 0 Å². The van der Waals surface area contributed by atoms with Gasteiger partial charge in [0, 0.05) is 32.8 Å². The van der Waals surface area contributed by atoms with Gasteiger partial charge in [0.15, 0.2) is 0 Å². The molecule has 0 radical (unpaired) electrons. The van der Waals surface area contributed by atoms with E-state index in [-0.39, 0.29) is 0 Å². The monoisotopic (exact) mass is 276 g/mol. The molecule has 1 aromatic carbocycles. The van der Waals surface area contributed by atoms with Gasteiger partial charge in [-0.25, -0.2) is 0 Å². The molecule has 1 aliphatic rings. The highest BCUT2D eigenvalue weighted by atomic mass is 16.5. The molecule has 3 atom stereocenters. The van der Waals surface area contributed by atoms with Crippen molar-refractivity contribution < 1.29 is 4.74 Å². The normalized spacial score (nSPS) is 25.6. The molecule has 1 heterocycles. The number of nitrogens with two attached hydrogens (primary N) is 1. The van der Waals surface area contributed by atoms with Gasteiger partial charge in [-0.3, -0.25) is 4.90 Å². The molecular formula is C17H28N2O. The van der Waals surface area contributed by atoms with Gasteiger partial charge in [-0.2, -0.15) is 0 Å². The molecule has 20 heavy (non-hydrogen) atoms. The summed E-state index contributed by atoms with van der Waals surface area (Å²) < 4.78 is 5.33. The van der Waals surface area contributed by atoms with E-state index in [1.807, 2.05) is 0 Å². The Bertz CT molecular complexity index is 411. The minimum Gasteiger partial charge on any atom is -0.380 e. The Kier molecular flexibility index (Phi) is 5.58. The van der Waals surface area contributed by atoms with Crippen molar-refractivity contribution >= 4 is 0 Å². The lowest BCUT2D eigenvalue weighted by Crippen LogP contribution is -2.43. The Morgan fingerprint density at radius 2 is 1.90 bits per heavy atom. The summed E-state index contributed by atoms with van der Waals surface area (Å²) in [6, 6.07) is 8.85. The van der Waals surface area contributed by atoms with Gasteiger partial charge in [0.25, 0.3) is 0 Å². The summed E-state index contributed by atoms with van der Waals surface area (Å²) in [5.41, 5.74) is 8.70. The molecule has 1 aliphatic heterocycles. The summed E-state index contributed by atoms with van der Waals surface area (Å²) >= 11 is 0. The molecule has 0 saturated carbocycles. The van der Waals surface area contributed by atoms with Gasteiger partial charge in [-0.15, -0.1) is 0 Å². The Labute approximate surface area is 123 Å². The van der Waals surface area contributed by atoms with Crippen LogP contribution in [0.3, 0.4) is 0 Å². The van der Waals surface area contributed by atoms with E-state index in [0.29, 0.717) is 19.2 Å². The third-order valence-corrected chi connectivity index (χ3v) is 4.28. The van der Waals surface area contributed by atoms with Gasteiger partial charge in [0.2, 0.25) is 0 Å². The molecule has 1 aromatic rings. The molecule has 112 valence electrons. The third kappa shape index (κ3) is 3.60. The fraction of sp³-hybridized carbons (Fsp3) is 0.647.